The van der Waals surface area contributed by atoms with Gasteiger partial charge in [0.1, 0.15) is 35.5 Å². The van der Waals surface area contributed by atoms with Gasteiger partial charge in [-0.3, -0.25) is 4.79 Å². The number of aromatic amines is 1. The van der Waals surface area contributed by atoms with Gasteiger partial charge in [0.15, 0.2) is 0 Å². The number of aromatic nitrogens is 3. The molecule has 5 rings (SSSR count). The normalized spacial score (nSPS) is 21.2. The molecule has 3 aromatic rings. The Bertz CT molecular complexity index is 1090. The van der Waals surface area contributed by atoms with Crippen LogP contribution in [0.5, 0.6) is 5.75 Å². The summed E-state index contributed by atoms with van der Waals surface area (Å²) in [7, 11) is 0. The molecule has 0 spiro atoms. The second-order valence-electron chi connectivity index (χ2n) is 8.08. The number of halogens is 1. The molecular weight excluding hydrogens is 418 g/mol. The van der Waals surface area contributed by atoms with Gasteiger partial charge >= 0.3 is 0 Å². The first kappa shape index (κ1) is 20.1. The minimum absolute atomic E-state index is 0.00502. The molecule has 1 amide bonds. The molecule has 31 heavy (non-hydrogen) atoms. The molecule has 2 aromatic heterocycles. The van der Waals surface area contributed by atoms with Crippen molar-refractivity contribution in [2.24, 2.45) is 5.92 Å². The number of H-pyrrole nitrogens is 1. The topological polar surface area (TPSA) is 103 Å². The number of piperidine rings is 1. The zero-order chi connectivity index (χ0) is 21.4. The molecule has 0 bridgehead atoms. The summed E-state index contributed by atoms with van der Waals surface area (Å²) in [5.41, 5.74) is 1.69. The van der Waals surface area contributed by atoms with Crippen molar-refractivity contribution in [3.05, 3.63) is 47.4 Å². The molecule has 2 aliphatic rings. The number of hydrogen-bond donors (Lipinski definition) is 3. The standard InChI is InChI=1S/C22H24ClN5O3/c23-15-3-1-13(2-4-15)17(6-8-29)27-22(30)14-5-7-28-16(9-14)11-31-18-10-24-20-19(18)21(28)26-12-25-20/h1-4,10,12,14,16-17,29H,5-9,11H2,(H,27,30)(H,24,25,26)/t14?,16-,17-/m0/s1. The first-order valence-corrected chi connectivity index (χ1v) is 10.9. The van der Waals surface area contributed by atoms with Gasteiger partial charge in [0, 0.05) is 30.3 Å². The quantitative estimate of drug-likeness (QED) is 0.562. The van der Waals surface area contributed by atoms with Crippen LogP contribution in [-0.2, 0) is 4.79 Å². The van der Waals surface area contributed by atoms with E-state index in [-0.39, 0.29) is 30.5 Å². The van der Waals surface area contributed by atoms with Crippen LogP contribution in [0.15, 0.2) is 36.8 Å². The van der Waals surface area contributed by atoms with Crippen molar-refractivity contribution in [3.63, 3.8) is 0 Å². The van der Waals surface area contributed by atoms with Crippen LogP contribution in [0.1, 0.15) is 30.9 Å². The second kappa shape index (κ2) is 8.36. The summed E-state index contributed by atoms with van der Waals surface area (Å²) in [4.78, 5) is 27.3. The van der Waals surface area contributed by atoms with E-state index in [4.69, 9.17) is 16.3 Å². The van der Waals surface area contributed by atoms with Gasteiger partial charge < -0.3 is 25.0 Å². The molecule has 1 saturated heterocycles. The van der Waals surface area contributed by atoms with Crippen LogP contribution < -0.4 is 15.0 Å². The van der Waals surface area contributed by atoms with E-state index in [1.165, 1.54) is 0 Å². The number of carbonyl (C=O) groups is 1. The summed E-state index contributed by atoms with van der Waals surface area (Å²) >= 11 is 5.99. The van der Waals surface area contributed by atoms with Crippen molar-refractivity contribution in [3.8, 4) is 5.75 Å². The zero-order valence-electron chi connectivity index (χ0n) is 16.9. The average molecular weight is 442 g/mol. The number of fused-ring (bicyclic) bond motifs is 2. The van der Waals surface area contributed by atoms with Gasteiger partial charge in [-0.25, -0.2) is 9.97 Å². The number of rotatable bonds is 5. The summed E-state index contributed by atoms with van der Waals surface area (Å²) in [5.74, 6) is 1.49. The summed E-state index contributed by atoms with van der Waals surface area (Å²) < 4.78 is 6.03. The van der Waals surface area contributed by atoms with Gasteiger partial charge in [-0.2, -0.15) is 0 Å². The highest BCUT2D eigenvalue weighted by Gasteiger charge is 2.37. The number of nitrogens with zero attached hydrogens (tertiary/aromatic N) is 3. The second-order valence-corrected chi connectivity index (χ2v) is 8.51. The lowest BCUT2D eigenvalue weighted by Gasteiger charge is -2.38. The van der Waals surface area contributed by atoms with E-state index < -0.39 is 0 Å². The number of aliphatic hydroxyl groups excluding tert-OH is 1. The summed E-state index contributed by atoms with van der Waals surface area (Å²) in [6, 6.07) is 7.18. The lowest BCUT2D eigenvalue weighted by molar-refractivity contribution is -0.126. The molecule has 3 atom stereocenters. The van der Waals surface area contributed by atoms with E-state index in [0.29, 0.717) is 31.0 Å². The first-order valence-electron chi connectivity index (χ1n) is 10.5. The van der Waals surface area contributed by atoms with Crippen LogP contribution in [0.2, 0.25) is 5.02 Å². The summed E-state index contributed by atoms with van der Waals surface area (Å²) in [5, 5.41) is 14.2. The van der Waals surface area contributed by atoms with E-state index >= 15 is 0 Å². The molecule has 3 N–H and O–H groups in total. The van der Waals surface area contributed by atoms with Gasteiger partial charge in [-0.1, -0.05) is 23.7 Å². The van der Waals surface area contributed by atoms with Crippen molar-refractivity contribution in [1.29, 1.82) is 0 Å². The Hall–Kier alpha value is -2.84. The predicted octanol–water partition coefficient (Wildman–Crippen LogP) is 2.83. The Morgan fingerprint density at radius 2 is 2.19 bits per heavy atom. The molecular formula is C22H24ClN5O3. The Kier molecular flexibility index (Phi) is 5.41. The molecule has 0 aliphatic carbocycles. The van der Waals surface area contributed by atoms with Crippen molar-refractivity contribution >= 4 is 34.4 Å². The van der Waals surface area contributed by atoms with E-state index in [1.807, 2.05) is 18.3 Å². The first-order chi connectivity index (χ1) is 15.1. The van der Waals surface area contributed by atoms with Crippen molar-refractivity contribution < 1.29 is 14.6 Å². The maximum Gasteiger partial charge on any atom is 0.223 e. The number of hydrogen-bond acceptors (Lipinski definition) is 6. The van der Waals surface area contributed by atoms with Crippen LogP contribution >= 0.6 is 11.6 Å². The maximum absolute atomic E-state index is 13.1. The number of anilines is 1. The highest BCUT2D eigenvalue weighted by Crippen LogP contribution is 2.38. The predicted molar refractivity (Wildman–Crippen MR) is 117 cm³/mol. The van der Waals surface area contributed by atoms with Gasteiger partial charge in [0.05, 0.1) is 12.1 Å². The van der Waals surface area contributed by atoms with E-state index in [0.717, 1.165) is 34.6 Å². The number of amides is 1. The molecule has 0 saturated carbocycles. The fourth-order valence-corrected chi connectivity index (χ4v) is 4.72. The number of benzene rings is 1. The summed E-state index contributed by atoms with van der Waals surface area (Å²) in [6.45, 7) is 1.20. The molecule has 0 radical (unpaired) electrons. The third-order valence-corrected chi connectivity index (χ3v) is 6.46. The number of nitrogens with one attached hydrogen (secondary N) is 2. The van der Waals surface area contributed by atoms with Gasteiger partial charge in [-0.05, 0) is 37.0 Å². The molecule has 1 aromatic carbocycles. The largest absolute Gasteiger partial charge is 0.489 e. The molecule has 2 aliphatic heterocycles. The molecule has 9 heteroatoms. The molecule has 162 valence electrons. The van der Waals surface area contributed by atoms with Crippen LogP contribution in [-0.4, -0.2) is 51.8 Å². The van der Waals surface area contributed by atoms with Gasteiger partial charge in [0.25, 0.3) is 0 Å². The Morgan fingerprint density at radius 1 is 1.35 bits per heavy atom. The Labute approximate surface area is 184 Å². The smallest absolute Gasteiger partial charge is 0.223 e. The van der Waals surface area contributed by atoms with E-state index in [9.17, 15) is 9.90 Å². The van der Waals surface area contributed by atoms with Gasteiger partial charge in [0.2, 0.25) is 5.91 Å². The lowest BCUT2D eigenvalue weighted by Crippen LogP contribution is -2.49. The van der Waals surface area contributed by atoms with Crippen LogP contribution in [0, 0.1) is 5.92 Å². The van der Waals surface area contributed by atoms with Crippen LogP contribution in [0.4, 0.5) is 5.82 Å². The molecule has 1 unspecified atom stereocenters. The number of carbonyl (C=O) groups excluding carboxylic acids is 1. The van der Waals surface area contributed by atoms with Crippen molar-refractivity contribution in [2.45, 2.75) is 31.3 Å². The lowest BCUT2D eigenvalue weighted by atomic mass is 9.89. The summed E-state index contributed by atoms with van der Waals surface area (Å²) in [6.07, 6.45) is 5.23. The van der Waals surface area contributed by atoms with Crippen molar-refractivity contribution in [2.75, 3.05) is 24.7 Å². The zero-order valence-corrected chi connectivity index (χ0v) is 17.7. The highest BCUT2D eigenvalue weighted by atomic mass is 35.5. The minimum Gasteiger partial charge on any atom is -0.489 e. The Morgan fingerprint density at radius 3 is 3.00 bits per heavy atom. The monoisotopic (exact) mass is 441 g/mol. The average Bonchev–Trinajstić information content (AvgIpc) is 3.13. The molecule has 8 nitrogen and oxygen atoms in total. The fourth-order valence-electron chi connectivity index (χ4n) is 4.60. The minimum atomic E-state index is -0.250. The van der Waals surface area contributed by atoms with E-state index in [2.05, 4.69) is 25.2 Å². The van der Waals surface area contributed by atoms with E-state index in [1.54, 1.807) is 18.5 Å². The van der Waals surface area contributed by atoms with Gasteiger partial charge in [-0.15, -0.1) is 0 Å². The SMILES string of the molecule is O=C(N[C@@H](CCO)c1ccc(Cl)cc1)C1CCN2c3ncnc4[nH]cc(c34)OC[C@@H]2C1. The third kappa shape index (κ3) is 3.81. The van der Waals surface area contributed by atoms with Crippen molar-refractivity contribution in [1.82, 2.24) is 20.3 Å². The van der Waals surface area contributed by atoms with Crippen LogP contribution in [0.3, 0.4) is 0 Å². The maximum atomic E-state index is 13.1. The molecule has 4 heterocycles. The van der Waals surface area contributed by atoms with Crippen LogP contribution in [0.25, 0.3) is 11.0 Å². The third-order valence-electron chi connectivity index (χ3n) is 6.21. The fraction of sp³-hybridized carbons (Fsp3) is 0.409. The molecule has 1 fully saturated rings. The Balaban J connectivity index is 1.31. The number of ether oxygens (including phenoxy) is 1. The number of aliphatic hydroxyl groups is 1. The highest BCUT2D eigenvalue weighted by molar-refractivity contribution is 6.30.